The zero-order valence-electron chi connectivity index (χ0n) is 13.5. The van der Waals surface area contributed by atoms with Crippen LogP contribution < -0.4 is 11.1 Å². The van der Waals surface area contributed by atoms with Crippen molar-refractivity contribution >= 4 is 11.8 Å². The smallest absolute Gasteiger partial charge is 0.235 e. The van der Waals surface area contributed by atoms with Gasteiger partial charge in [-0.1, -0.05) is 25.7 Å². The first kappa shape index (κ1) is 15.8. The number of primary amides is 1. The molecule has 1 atom stereocenters. The second-order valence-electron chi connectivity index (χ2n) is 7.40. The maximum Gasteiger partial charge on any atom is 0.235 e. The molecule has 5 heteroatoms. The van der Waals surface area contributed by atoms with E-state index < -0.39 is 11.3 Å². The molecule has 1 aliphatic heterocycles. The van der Waals surface area contributed by atoms with E-state index in [4.69, 9.17) is 5.73 Å². The highest BCUT2D eigenvalue weighted by atomic mass is 16.2. The molecule has 3 fully saturated rings. The van der Waals surface area contributed by atoms with E-state index >= 15 is 0 Å². The van der Waals surface area contributed by atoms with Gasteiger partial charge in [-0.05, 0) is 45.1 Å². The lowest BCUT2D eigenvalue weighted by atomic mass is 9.98. The van der Waals surface area contributed by atoms with Crippen molar-refractivity contribution < 1.29 is 9.59 Å². The van der Waals surface area contributed by atoms with Crippen molar-refractivity contribution in [3.63, 3.8) is 0 Å². The van der Waals surface area contributed by atoms with Gasteiger partial charge < -0.3 is 11.1 Å². The van der Waals surface area contributed by atoms with E-state index in [0.717, 1.165) is 25.9 Å². The van der Waals surface area contributed by atoms with Crippen LogP contribution in [0.25, 0.3) is 0 Å². The third kappa shape index (κ3) is 3.29. The van der Waals surface area contributed by atoms with Crippen LogP contribution in [0.4, 0.5) is 0 Å². The van der Waals surface area contributed by atoms with E-state index in [2.05, 4.69) is 10.2 Å². The molecule has 1 unspecified atom stereocenters. The first-order valence-electron chi connectivity index (χ1n) is 8.97. The highest BCUT2D eigenvalue weighted by Crippen LogP contribution is 2.45. The standard InChI is InChI=1S/C17H29N3O2/c18-15(21)17(9-10-17)16(22)19-13-6-5-11-20(12-13)14-7-3-1-2-4-8-14/h13-14H,1-12H2,(H2,18,21)(H,19,22). The van der Waals surface area contributed by atoms with Crippen molar-refractivity contribution in [2.24, 2.45) is 11.1 Å². The van der Waals surface area contributed by atoms with Gasteiger partial charge in [-0.3, -0.25) is 14.5 Å². The zero-order chi connectivity index (χ0) is 15.6. The molecule has 5 nitrogen and oxygen atoms in total. The van der Waals surface area contributed by atoms with Crippen LogP contribution in [0.1, 0.15) is 64.2 Å². The summed E-state index contributed by atoms with van der Waals surface area (Å²) >= 11 is 0. The Kier molecular flexibility index (Phi) is 4.71. The lowest BCUT2D eigenvalue weighted by Gasteiger charge is -2.38. The molecule has 1 heterocycles. The lowest BCUT2D eigenvalue weighted by Crippen LogP contribution is -2.53. The van der Waals surface area contributed by atoms with Crippen molar-refractivity contribution in [1.29, 1.82) is 0 Å². The van der Waals surface area contributed by atoms with Crippen LogP contribution in [-0.2, 0) is 9.59 Å². The number of hydrogen-bond donors (Lipinski definition) is 2. The van der Waals surface area contributed by atoms with Crippen molar-refractivity contribution in [2.45, 2.75) is 76.3 Å². The first-order chi connectivity index (χ1) is 10.6. The Morgan fingerprint density at radius 3 is 2.27 bits per heavy atom. The number of hydrogen-bond acceptors (Lipinski definition) is 3. The minimum Gasteiger partial charge on any atom is -0.369 e. The van der Waals surface area contributed by atoms with Gasteiger partial charge in [0, 0.05) is 18.6 Å². The van der Waals surface area contributed by atoms with Gasteiger partial charge in [0.2, 0.25) is 11.8 Å². The van der Waals surface area contributed by atoms with Crippen LogP contribution >= 0.6 is 0 Å². The third-order valence-corrected chi connectivity index (χ3v) is 5.79. The summed E-state index contributed by atoms with van der Waals surface area (Å²) in [5.74, 6) is -0.589. The van der Waals surface area contributed by atoms with Crippen LogP contribution in [0.2, 0.25) is 0 Å². The Bertz CT molecular complexity index is 426. The van der Waals surface area contributed by atoms with E-state index in [0.29, 0.717) is 18.9 Å². The lowest BCUT2D eigenvalue weighted by molar-refractivity contribution is -0.136. The van der Waals surface area contributed by atoms with E-state index in [1.807, 2.05) is 0 Å². The highest BCUT2D eigenvalue weighted by Gasteiger charge is 2.55. The summed E-state index contributed by atoms with van der Waals surface area (Å²) in [4.78, 5) is 26.4. The molecule has 3 N–H and O–H groups in total. The largest absolute Gasteiger partial charge is 0.369 e. The van der Waals surface area contributed by atoms with E-state index in [-0.39, 0.29) is 11.9 Å². The summed E-state index contributed by atoms with van der Waals surface area (Å²) < 4.78 is 0. The predicted octanol–water partition coefficient (Wildman–Crippen LogP) is 1.56. The molecule has 124 valence electrons. The van der Waals surface area contributed by atoms with E-state index in [1.165, 1.54) is 38.5 Å². The number of rotatable bonds is 4. The Morgan fingerprint density at radius 1 is 1.00 bits per heavy atom. The number of carbonyl (C=O) groups is 2. The molecule has 2 amide bonds. The Labute approximate surface area is 133 Å². The Balaban J connectivity index is 1.54. The predicted molar refractivity (Wildman–Crippen MR) is 85.1 cm³/mol. The summed E-state index contributed by atoms with van der Waals surface area (Å²) in [5.41, 5.74) is 4.51. The fourth-order valence-electron chi connectivity index (χ4n) is 4.11. The summed E-state index contributed by atoms with van der Waals surface area (Å²) in [5, 5.41) is 3.11. The van der Waals surface area contributed by atoms with Crippen molar-refractivity contribution in [1.82, 2.24) is 10.2 Å². The number of nitrogens with zero attached hydrogens (tertiary/aromatic N) is 1. The fourth-order valence-corrected chi connectivity index (χ4v) is 4.11. The molecule has 0 radical (unpaired) electrons. The number of piperidine rings is 1. The van der Waals surface area contributed by atoms with Crippen molar-refractivity contribution in [2.75, 3.05) is 13.1 Å². The molecular formula is C17H29N3O2. The first-order valence-corrected chi connectivity index (χ1v) is 8.97. The average Bonchev–Trinajstić information content (AvgIpc) is 3.32. The van der Waals surface area contributed by atoms with E-state index in [9.17, 15) is 9.59 Å². The maximum absolute atomic E-state index is 12.3. The molecule has 2 aliphatic carbocycles. The highest BCUT2D eigenvalue weighted by molar-refractivity contribution is 6.07. The maximum atomic E-state index is 12.3. The topological polar surface area (TPSA) is 75.4 Å². The molecule has 3 rings (SSSR count). The van der Waals surface area contributed by atoms with Crippen molar-refractivity contribution in [3.05, 3.63) is 0 Å². The van der Waals surface area contributed by atoms with Crippen molar-refractivity contribution in [3.8, 4) is 0 Å². The van der Waals surface area contributed by atoms with Gasteiger partial charge in [0.15, 0.2) is 0 Å². The molecule has 2 saturated carbocycles. The van der Waals surface area contributed by atoms with Gasteiger partial charge in [0.05, 0.1) is 0 Å². The van der Waals surface area contributed by atoms with Gasteiger partial charge in [-0.15, -0.1) is 0 Å². The number of carbonyl (C=O) groups excluding carboxylic acids is 2. The van der Waals surface area contributed by atoms with Gasteiger partial charge in [-0.2, -0.15) is 0 Å². The summed E-state index contributed by atoms with van der Waals surface area (Å²) in [6.07, 6.45) is 11.4. The normalized spacial score (nSPS) is 29.5. The minimum absolute atomic E-state index is 0.132. The average molecular weight is 307 g/mol. The molecule has 0 aromatic heterocycles. The molecule has 1 saturated heterocycles. The molecule has 0 aromatic rings. The van der Waals surface area contributed by atoms with Gasteiger partial charge in [0.25, 0.3) is 0 Å². The van der Waals surface area contributed by atoms with Crippen LogP contribution in [-0.4, -0.2) is 41.9 Å². The number of likely N-dealkylation sites (tertiary alicyclic amines) is 1. The Morgan fingerprint density at radius 2 is 1.68 bits per heavy atom. The molecular weight excluding hydrogens is 278 g/mol. The van der Waals surface area contributed by atoms with Gasteiger partial charge in [-0.25, -0.2) is 0 Å². The van der Waals surface area contributed by atoms with Gasteiger partial charge in [0.1, 0.15) is 5.41 Å². The molecule has 3 aliphatic rings. The summed E-state index contributed by atoms with van der Waals surface area (Å²) in [7, 11) is 0. The number of nitrogens with one attached hydrogen (secondary N) is 1. The SMILES string of the molecule is NC(=O)C1(C(=O)NC2CCCN(C3CCCCCC3)C2)CC1. The van der Waals surface area contributed by atoms with Crippen LogP contribution in [0.15, 0.2) is 0 Å². The molecule has 0 aromatic carbocycles. The van der Waals surface area contributed by atoms with Crippen LogP contribution in [0, 0.1) is 5.41 Å². The molecule has 0 spiro atoms. The second-order valence-corrected chi connectivity index (χ2v) is 7.40. The number of amides is 2. The summed E-state index contributed by atoms with van der Waals surface area (Å²) in [6.45, 7) is 2.09. The Hall–Kier alpha value is -1.10. The zero-order valence-corrected chi connectivity index (χ0v) is 13.5. The summed E-state index contributed by atoms with van der Waals surface area (Å²) in [6, 6.07) is 0.870. The third-order valence-electron chi connectivity index (χ3n) is 5.79. The monoisotopic (exact) mass is 307 g/mol. The fraction of sp³-hybridized carbons (Fsp3) is 0.882. The molecule has 0 bridgehead atoms. The quantitative estimate of drug-likeness (QED) is 0.611. The minimum atomic E-state index is -0.884. The van der Waals surface area contributed by atoms with Crippen LogP contribution in [0.5, 0.6) is 0 Å². The van der Waals surface area contributed by atoms with Crippen LogP contribution in [0.3, 0.4) is 0 Å². The van der Waals surface area contributed by atoms with Gasteiger partial charge >= 0.3 is 0 Å². The number of nitrogens with two attached hydrogens (primary N) is 1. The van der Waals surface area contributed by atoms with E-state index in [1.54, 1.807) is 0 Å². The molecule has 22 heavy (non-hydrogen) atoms. The second kappa shape index (κ2) is 6.57.